The van der Waals surface area contributed by atoms with Crippen LogP contribution in [0, 0.1) is 0 Å². The molecule has 0 aliphatic heterocycles. The van der Waals surface area contributed by atoms with Crippen molar-refractivity contribution in [3.8, 4) is 0 Å². The first-order valence-electron chi connectivity index (χ1n) is 3.35. The van der Waals surface area contributed by atoms with Crippen molar-refractivity contribution in [3.63, 3.8) is 0 Å². The highest BCUT2D eigenvalue weighted by molar-refractivity contribution is 6.33. The predicted molar refractivity (Wildman–Crippen MR) is 55.5 cm³/mol. The Morgan fingerprint density at radius 2 is 2.23 bits per heavy atom. The molecule has 0 atom stereocenters. The Bertz CT molecular complexity index is 327. The highest BCUT2D eigenvalue weighted by Gasteiger charge is 2.02. The lowest BCUT2D eigenvalue weighted by molar-refractivity contribution is 1.14. The molecular formula is C7H6Cl3N3. The zero-order valence-electron chi connectivity index (χ0n) is 6.52. The number of aromatic nitrogens is 2. The third kappa shape index (κ3) is 3.38. The second kappa shape index (κ2) is 4.65. The molecule has 0 amide bonds. The lowest BCUT2D eigenvalue weighted by Gasteiger charge is -2.05. The molecule has 0 saturated heterocycles. The summed E-state index contributed by atoms with van der Waals surface area (Å²) >= 11 is 16.9. The molecule has 0 saturated carbocycles. The van der Waals surface area contributed by atoms with Crippen molar-refractivity contribution in [3.05, 3.63) is 28.1 Å². The van der Waals surface area contributed by atoms with Crippen molar-refractivity contribution in [1.82, 2.24) is 9.97 Å². The first-order valence-corrected chi connectivity index (χ1v) is 4.48. The summed E-state index contributed by atoms with van der Waals surface area (Å²) in [6.07, 6.45) is 1.41. The van der Waals surface area contributed by atoms with Crippen LogP contribution < -0.4 is 5.32 Å². The molecule has 0 unspecified atom stereocenters. The molecule has 0 fully saturated rings. The standard InChI is InChI=1S/C7H6Cl3N3/c1-4(8)2-11-6-5(9)3-12-7(10)13-6/h3H,1-2H2,(H,11,12,13). The molecule has 0 spiro atoms. The summed E-state index contributed by atoms with van der Waals surface area (Å²) in [4.78, 5) is 7.55. The SMILES string of the molecule is C=C(Cl)CNc1nc(Cl)ncc1Cl. The van der Waals surface area contributed by atoms with Gasteiger partial charge in [0.2, 0.25) is 5.28 Å². The maximum absolute atomic E-state index is 5.76. The number of nitrogens with one attached hydrogen (secondary N) is 1. The smallest absolute Gasteiger partial charge is 0.224 e. The van der Waals surface area contributed by atoms with Crippen LogP contribution >= 0.6 is 34.8 Å². The molecule has 1 rings (SSSR count). The van der Waals surface area contributed by atoms with Gasteiger partial charge in [-0.3, -0.25) is 0 Å². The predicted octanol–water partition coefficient (Wildman–Crippen LogP) is 2.95. The lowest BCUT2D eigenvalue weighted by Crippen LogP contribution is -2.04. The zero-order chi connectivity index (χ0) is 9.84. The molecule has 0 aromatic carbocycles. The van der Waals surface area contributed by atoms with Crippen LogP contribution in [0.15, 0.2) is 17.8 Å². The molecule has 6 heteroatoms. The van der Waals surface area contributed by atoms with Gasteiger partial charge in [0.25, 0.3) is 0 Å². The van der Waals surface area contributed by atoms with Crippen LogP contribution in [0.4, 0.5) is 5.82 Å². The molecule has 1 aromatic rings. The minimum absolute atomic E-state index is 0.132. The van der Waals surface area contributed by atoms with Gasteiger partial charge in [0.05, 0.1) is 12.7 Å². The second-order valence-electron chi connectivity index (χ2n) is 2.21. The second-order valence-corrected chi connectivity index (χ2v) is 3.49. The molecule has 70 valence electrons. The van der Waals surface area contributed by atoms with Crippen LogP contribution in [0.1, 0.15) is 0 Å². The molecule has 0 bridgehead atoms. The Kier molecular flexibility index (Phi) is 3.78. The van der Waals surface area contributed by atoms with Crippen LogP contribution in [0.3, 0.4) is 0 Å². The third-order valence-corrected chi connectivity index (χ3v) is 1.75. The van der Waals surface area contributed by atoms with Crippen LogP contribution in [0.25, 0.3) is 0 Å². The largest absolute Gasteiger partial charge is 0.364 e. The lowest BCUT2D eigenvalue weighted by atomic mass is 10.5. The van der Waals surface area contributed by atoms with E-state index in [9.17, 15) is 0 Å². The minimum atomic E-state index is 0.132. The summed E-state index contributed by atoms with van der Waals surface area (Å²) in [6.45, 7) is 3.89. The number of rotatable bonds is 3. The zero-order valence-corrected chi connectivity index (χ0v) is 8.79. The monoisotopic (exact) mass is 237 g/mol. The molecule has 1 N–H and O–H groups in total. The van der Waals surface area contributed by atoms with Gasteiger partial charge in [-0.25, -0.2) is 4.98 Å². The first kappa shape index (κ1) is 10.6. The van der Waals surface area contributed by atoms with Gasteiger partial charge < -0.3 is 5.32 Å². The van der Waals surface area contributed by atoms with Crippen LogP contribution in [-0.2, 0) is 0 Å². The van der Waals surface area contributed by atoms with Gasteiger partial charge in [-0.05, 0) is 11.6 Å². The van der Waals surface area contributed by atoms with E-state index in [0.717, 1.165) is 0 Å². The Morgan fingerprint density at radius 3 is 2.85 bits per heavy atom. The van der Waals surface area contributed by atoms with Crippen molar-refractivity contribution >= 4 is 40.6 Å². The van der Waals surface area contributed by atoms with Crippen LogP contribution in [-0.4, -0.2) is 16.5 Å². The number of anilines is 1. The first-order chi connectivity index (χ1) is 6.09. The highest BCUT2D eigenvalue weighted by atomic mass is 35.5. The molecule has 1 aromatic heterocycles. The molecule has 13 heavy (non-hydrogen) atoms. The molecule has 0 radical (unpaired) electrons. The number of nitrogens with zero attached hydrogens (tertiary/aromatic N) is 2. The number of hydrogen-bond acceptors (Lipinski definition) is 3. The molecule has 0 aliphatic carbocycles. The summed E-state index contributed by atoms with van der Waals surface area (Å²) in [6, 6.07) is 0. The molecule has 1 heterocycles. The summed E-state index contributed by atoms with van der Waals surface area (Å²) < 4.78 is 0. The number of hydrogen-bond donors (Lipinski definition) is 1. The van der Waals surface area contributed by atoms with Gasteiger partial charge in [0.15, 0.2) is 0 Å². The van der Waals surface area contributed by atoms with E-state index in [1.165, 1.54) is 6.20 Å². The van der Waals surface area contributed by atoms with E-state index in [2.05, 4.69) is 21.9 Å². The van der Waals surface area contributed by atoms with E-state index in [1.807, 2.05) is 0 Å². The van der Waals surface area contributed by atoms with Crippen molar-refractivity contribution < 1.29 is 0 Å². The van der Waals surface area contributed by atoms with E-state index in [-0.39, 0.29) is 5.28 Å². The van der Waals surface area contributed by atoms with E-state index < -0.39 is 0 Å². The van der Waals surface area contributed by atoms with Crippen LogP contribution in [0.2, 0.25) is 10.3 Å². The summed E-state index contributed by atoms with van der Waals surface area (Å²) in [5, 5.41) is 3.84. The van der Waals surface area contributed by atoms with Gasteiger partial charge in [0.1, 0.15) is 10.8 Å². The maximum Gasteiger partial charge on any atom is 0.224 e. The summed E-state index contributed by atoms with van der Waals surface area (Å²) in [5.74, 6) is 0.448. The van der Waals surface area contributed by atoms with Crippen molar-refractivity contribution in [2.24, 2.45) is 0 Å². The Hall–Kier alpha value is -0.510. The van der Waals surface area contributed by atoms with Gasteiger partial charge in [-0.1, -0.05) is 29.8 Å². The quantitative estimate of drug-likeness (QED) is 0.823. The van der Waals surface area contributed by atoms with Crippen LogP contribution in [0.5, 0.6) is 0 Å². The summed E-state index contributed by atoms with van der Waals surface area (Å²) in [7, 11) is 0. The topological polar surface area (TPSA) is 37.8 Å². The average molecular weight is 239 g/mol. The summed E-state index contributed by atoms with van der Waals surface area (Å²) in [5.41, 5.74) is 0. The van der Waals surface area contributed by atoms with E-state index >= 15 is 0 Å². The van der Waals surface area contributed by atoms with Crippen molar-refractivity contribution in [2.45, 2.75) is 0 Å². The fraction of sp³-hybridized carbons (Fsp3) is 0.143. The average Bonchev–Trinajstić information content (AvgIpc) is 2.06. The Labute approximate surface area is 90.7 Å². The van der Waals surface area contributed by atoms with E-state index in [1.54, 1.807) is 0 Å². The highest BCUT2D eigenvalue weighted by Crippen LogP contribution is 2.19. The van der Waals surface area contributed by atoms with Gasteiger partial charge >= 0.3 is 0 Å². The van der Waals surface area contributed by atoms with Crippen molar-refractivity contribution in [2.75, 3.05) is 11.9 Å². The Morgan fingerprint density at radius 1 is 1.54 bits per heavy atom. The molecular weight excluding hydrogens is 232 g/mol. The number of halogens is 3. The van der Waals surface area contributed by atoms with Crippen molar-refractivity contribution in [1.29, 1.82) is 0 Å². The fourth-order valence-electron chi connectivity index (χ4n) is 0.649. The third-order valence-electron chi connectivity index (χ3n) is 1.16. The maximum atomic E-state index is 5.76. The molecule has 0 aliphatic rings. The van der Waals surface area contributed by atoms with E-state index in [4.69, 9.17) is 34.8 Å². The van der Waals surface area contributed by atoms with Gasteiger partial charge in [0, 0.05) is 5.03 Å². The normalized spacial score (nSPS) is 9.77. The van der Waals surface area contributed by atoms with Gasteiger partial charge in [-0.2, -0.15) is 4.98 Å². The molecule has 3 nitrogen and oxygen atoms in total. The Balaban J connectivity index is 2.75. The minimum Gasteiger partial charge on any atom is -0.364 e. The van der Waals surface area contributed by atoms with Gasteiger partial charge in [-0.15, -0.1) is 0 Å². The van der Waals surface area contributed by atoms with E-state index in [0.29, 0.717) is 22.4 Å². The fourth-order valence-corrected chi connectivity index (χ4v) is 1.01.